The lowest BCUT2D eigenvalue weighted by molar-refractivity contribution is 0.405. The molecule has 1 aromatic carbocycles. The fraction of sp³-hybridized carbons (Fsp3) is 0.286. The molecule has 0 amide bonds. The Morgan fingerprint density at radius 2 is 2.21 bits per heavy atom. The summed E-state index contributed by atoms with van der Waals surface area (Å²) in [6.45, 7) is 2.11. The number of halogens is 1. The smallest absolute Gasteiger partial charge is 0.122 e. The van der Waals surface area contributed by atoms with Gasteiger partial charge in [0.1, 0.15) is 5.75 Å². The van der Waals surface area contributed by atoms with Gasteiger partial charge < -0.3 is 4.74 Å². The van der Waals surface area contributed by atoms with Crippen LogP contribution in [0.25, 0.3) is 0 Å². The number of hydrogen-bond donors (Lipinski definition) is 2. The van der Waals surface area contributed by atoms with Crippen LogP contribution >= 0.6 is 27.3 Å². The van der Waals surface area contributed by atoms with E-state index in [1.807, 2.05) is 12.1 Å². The lowest BCUT2D eigenvalue weighted by atomic mass is 9.98. The third kappa shape index (κ3) is 3.36. The molecule has 19 heavy (non-hydrogen) atoms. The molecule has 0 spiro atoms. The van der Waals surface area contributed by atoms with Crippen LogP contribution in [0.4, 0.5) is 0 Å². The monoisotopic (exact) mass is 340 g/mol. The van der Waals surface area contributed by atoms with E-state index in [0.29, 0.717) is 0 Å². The Morgan fingerprint density at radius 3 is 2.79 bits per heavy atom. The average Bonchev–Trinajstić information content (AvgIpc) is 2.82. The van der Waals surface area contributed by atoms with E-state index in [1.54, 1.807) is 18.4 Å². The molecular weight excluding hydrogens is 324 g/mol. The first-order chi connectivity index (χ1) is 9.15. The molecule has 1 aromatic heterocycles. The first kappa shape index (κ1) is 14.5. The summed E-state index contributed by atoms with van der Waals surface area (Å²) in [4.78, 5) is 0. The number of methoxy groups -OCH3 is 1. The summed E-state index contributed by atoms with van der Waals surface area (Å²) in [6, 6.07) is 6.11. The van der Waals surface area contributed by atoms with Crippen LogP contribution in [0.15, 0.2) is 33.4 Å². The van der Waals surface area contributed by atoms with Crippen molar-refractivity contribution in [2.45, 2.75) is 19.4 Å². The molecular formula is C14H17BrN2OS. The second kappa shape index (κ2) is 6.52. The third-order valence-electron chi connectivity index (χ3n) is 3.14. The summed E-state index contributed by atoms with van der Waals surface area (Å²) in [5.41, 5.74) is 6.54. The lowest BCUT2D eigenvalue weighted by Crippen LogP contribution is -2.29. The maximum Gasteiger partial charge on any atom is 0.122 e. The van der Waals surface area contributed by atoms with Gasteiger partial charge in [-0.2, -0.15) is 11.3 Å². The molecule has 0 aliphatic heterocycles. The molecule has 3 N–H and O–H groups in total. The van der Waals surface area contributed by atoms with E-state index < -0.39 is 0 Å². The number of ether oxygens (including phenoxy) is 1. The molecule has 0 fully saturated rings. The van der Waals surface area contributed by atoms with E-state index in [-0.39, 0.29) is 6.04 Å². The van der Waals surface area contributed by atoms with Crippen LogP contribution in [-0.2, 0) is 6.42 Å². The molecule has 102 valence electrons. The molecule has 3 nitrogen and oxygen atoms in total. The minimum Gasteiger partial charge on any atom is -0.496 e. The molecule has 2 aromatic rings. The van der Waals surface area contributed by atoms with Gasteiger partial charge in [-0.25, -0.2) is 0 Å². The van der Waals surface area contributed by atoms with Crippen molar-refractivity contribution in [1.82, 2.24) is 5.43 Å². The first-order valence-electron chi connectivity index (χ1n) is 5.97. The number of rotatable bonds is 5. The van der Waals surface area contributed by atoms with Crippen LogP contribution in [0.1, 0.15) is 22.7 Å². The van der Waals surface area contributed by atoms with Gasteiger partial charge in [0.2, 0.25) is 0 Å². The summed E-state index contributed by atoms with van der Waals surface area (Å²) in [5.74, 6) is 6.60. The molecule has 0 aliphatic rings. The Balaban J connectivity index is 2.28. The number of nitrogens with two attached hydrogens (primary N) is 1. The predicted molar refractivity (Wildman–Crippen MR) is 83.5 cm³/mol. The van der Waals surface area contributed by atoms with Gasteiger partial charge in [0, 0.05) is 4.47 Å². The number of benzene rings is 1. The summed E-state index contributed by atoms with van der Waals surface area (Å²) >= 11 is 5.19. The number of nitrogens with one attached hydrogen (secondary N) is 1. The summed E-state index contributed by atoms with van der Waals surface area (Å²) in [7, 11) is 1.69. The molecule has 0 saturated heterocycles. The Hall–Kier alpha value is -0.880. The lowest BCUT2D eigenvalue weighted by Gasteiger charge is -2.18. The molecule has 0 aliphatic carbocycles. The highest BCUT2D eigenvalue weighted by molar-refractivity contribution is 9.10. The van der Waals surface area contributed by atoms with Crippen molar-refractivity contribution in [3.05, 3.63) is 50.1 Å². The molecule has 5 heteroatoms. The van der Waals surface area contributed by atoms with Crippen LogP contribution in [-0.4, -0.2) is 7.11 Å². The van der Waals surface area contributed by atoms with Crippen LogP contribution in [0.2, 0.25) is 0 Å². The van der Waals surface area contributed by atoms with E-state index in [1.165, 1.54) is 11.1 Å². The zero-order valence-electron chi connectivity index (χ0n) is 10.9. The highest BCUT2D eigenvalue weighted by Gasteiger charge is 2.16. The molecule has 1 atom stereocenters. The molecule has 0 saturated carbocycles. The second-order valence-electron chi connectivity index (χ2n) is 4.39. The number of thiophene rings is 1. The Morgan fingerprint density at radius 1 is 1.42 bits per heavy atom. The van der Waals surface area contributed by atoms with E-state index in [0.717, 1.165) is 22.2 Å². The van der Waals surface area contributed by atoms with Crippen LogP contribution in [0, 0.1) is 6.92 Å². The van der Waals surface area contributed by atoms with Gasteiger partial charge in [0.15, 0.2) is 0 Å². The van der Waals surface area contributed by atoms with Crippen molar-refractivity contribution in [3.63, 3.8) is 0 Å². The largest absolute Gasteiger partial charge is 0.496 e. The summed E-state index contributed by atoms with van der Waals surface area (Å²) in [5, 5.41) is 4.28. The topological polar surface area (TPSA) is 47.3 Å². The maximum absolute atomic E-state index is 5.71. The van der Waals surface area contributed by atoms with Crippen molar-refractivity contribution in [3.8, 4) is 5.75 Å². The average molecular weight is 341 g/mol. The minimum atomic E-state index is 0.0921. The predicted octanol–water partition coefficient (Wildman–Crippen LogP) is 3.57. The molecule has 0 bridgehead atoms. The quantitative estimate of drug-likeness (QED) is 0.646. The number of aryl methyl sites for hydroxylation is 1. The van der Waals surface area contributed by atoms with E-state index in [2.05, 4.69) is 45.1 Å². The van der Waals surface area contributed by atoms with Gasteiger partial charge in [-0.1, -0.05) is 15.9 Å². The second-order valence-corrected chi connectivity index (χ2v) is 6.05. The zero-order chi connectivity index (χ0) is 13.8. The van der Waals surface area contributed by atoms with Gasteiger partial charge >= 0.3 is 0 Å². The van der Waals surface area contributed by atoms with Gasteiger partial charge in [-0.05, 0) is 59.0 Å². The molecule has 0 radical (unpaired) electrons. The number of hydrogen-bond acceptors (Lipinski definition) is 4. The molecule has 1 unspecified atom stereocenters. The molecule has 1 heterocycles. The van der Waals surface area contributed by atoms with Crippen molar-refractivity contribution in [2.75, 3.05) is 7.11 Å². The van der Waals surface area contributed by atoms with Crippen LogP contribution in [0.3, 0.4) is 0 Å². The van der Waals surface area contributed by atoms with Gasteiger partial charge in [0.05, 0.1) is 13.2 Å². The van der Waals surface area contributed by atoms with Crippen molar-refractivity contribution in [1.29, 1.82) is 0 Å². The van der Waals surface area contributed by atoms with Gasteiger partial charge in [0.25, 0.3) is 0 Å². The Bertz CT molecular complexity index is 556. The normalized spacial score (nSPS) is 12.4. The summed E-state index contributed by atoms with van der Waals surface area (Å²) in [6.07, 6.45) is 0.788. The molecule has 2 rings (SSSR count). The first-order valence-corrected chi connectivity index (χ1v) is 7.70. The van der Waals surface area contributed by atoms with Crippen LogP contribution < -0.4 is 16.0 Å². The fourth-order valence-corrected chi connectivity index (χ4v) is 3.43. The standard InChI is InChI=1S/C14H17BrN2OS/c1-9-7-19-8-12(9)13(17-16)6-10-5-11(15)3-4-14(10)18-2/h3-5,7-8,13,17H,6,16H2,1-2H3. The highest BCUT2D eigenvalue weighted by atomic mass is 79.9. The zero-order valence-corrected chi connectivity index (χ0v) is 13.3. The Kier molecular flexibility index (Phi) is 4.99. The SMILES string of the molecule is COc1ccc(Br)cc1CC(NN)c1cscc1C. The Labute approximate surface area is 125 Å². The van der Waals surface area contributed by atoms with Crippen molar-refractivity contribution < 1.29 is 4.74 Å². The van der Waals surface area contributed by atoms with Crippen molar-refractivity contribution in [2.24, 2.45) is 5.84 Å². The minimum absolute atomic E-state index is 0.0921. The number of hydrazine groups is 1. The highest BCUT2D eigenvalue weighted by Crippen LogP contribution is 2.29. The van der Waals surface area contributed by atoms with E-state index in [4.69, 9.17) is 10.6 Å². The van der Waals surface area contributed by atoms with Crippen molar-refractivity contribution >= 4 is 27.3 Å². The third-order valence-corrected chi connectivity index (χ3v) is 4.51. The van der Waals surface area contributed by atoms with Gasteiger partial charge in [-0.15, -0.1) is 0 Å². The summed E-state index contributed by atoms with van der Waals surface area (Å²) < 4.78 is 6.45. The van der Waals surface area contributed by atoms with Gasteiger partial charge in [-0.3, -0.25) is 11.3 Å². The van der Waals surface area contributed by atoms with E-state index >= 15 is 0 Å². The van der Waals surface area contributed by atoms with Crippen LogP contribution in [0.5, 0.6) is 5.75 Å². The maximum atomic E-state index is 5.71. The van der Waals surface area contributed by atoms with E-state index in [9.17, 15) is 0 Å². The fourth-order valence-electron chi connectivity index (χ4n) is 2.11.